The Hall–Kier alpha value is -1.56. The summed E-state index contributed by atoms with van der Waals surface area (Å²) >= 11 is 0. The number of hydrogen-bond donors (Lipinski definition) is 2. The molecule has 23 heavy (non-hydrogen) atoms. The number of rotatable bonds is 7. The van der Waals surface area contributed by atoms with Crippen LogP contribution in [-0.2, 0) is 15.3 Å². The molecule has 128 valence electrons. The first-order chi connectivity index (χ1) is 11.0. The molecular weight excluding hydrogens is 310 g/mol. The van der Waals surface area contributed by atoms with E-state index in [-0.39, 0.29) is 11.2 Å². The van der Waals surface area contributed by atoms with E-state index in [1.54, 1.807) is 7.05 Å². The minimum atomic E-state index is -2.90. The summed E-state index contributed by atoms with van der Waals surface area (Å²) in [5, 5.41) is 6.59. The van der Waals surface area contributed by atoms with E-state index in [4.69, 9.17) is 0 Å². The van der Waals surface area contributed by atoms with Crippen LogP contribution in [-0.4, -0.2) is 46.5 Å². The van der Waals surface area contributed by atoms with Gasteiger partial charge in [0.15, 0.2) is 5.96 Å². The second-order valence-corrected chi connectivity index (χ2v) is 8.60. The van der Waals surface area contributed by atoms with E-state index >= 15 is 0 Å². The lowest BCUT2D eigenvalue weighted by molar-refractivity contribution is 0.244. The number of nitrogens with one attached hydrogen (secondary N) is 2. The lowest BCUT2D eigenvalue weighted by Gasteiger charge is -2.43. The van der Waals surface area contributed by atoms with E-state index in [9.17, 15) is 8.42 Å². The Balaban J connectivity index is 1.83. The summed E-state index contributed by atoms with van der Waals surface area (Å²) in [6.07, 6.45) is 5.49. The molecule has 2 rings (SSSR count). The highest BCUT2D eigenvalue weighted by Gasteiger charge is 2.38. The quantitative estimate of drug-likeness (QED) is 0.451. The first-order valence-corrected chi connectivity index (χ1v) is 10.2. The van der Waals surface area contributed by atoms with Crippen molar-refractivity contribution < 1.29 is 8.42 Å². The predicted molar refractivity (Wildman–Crippen MR) is 95.7 cm³/mol. The first kappa shape index (κ1) is 17.8. The fraction of sp³-hybridized carbons (Fsp3) is 0.588. The molecule has 2 N–H and O–H groups in total. The van der Waals surface area contributed by atoms with Gasteiger partial charge in [0.2, 0.25) is 0 Å². The number of hydrogen-bond acceptors (Lipinski definition) is 3. The van der Waals surface area contributed by atoms with E-state index < -0.39 is 9.84 Å². The van der Waals surface area contributed by atoms with E-state index in [1.807, 2.05) is 6.07 Å². The molecule has 0 spiro atoms. The highest BCUT2D eigenvalue weighted by atomic mass is 32.2. The van der Waals surface area contributed by atoms with Crippen LogP contribution in [0.5, 0.6) is 0 Å². The largest absolute Gasteiger partial charge is 0.356 e. The van der Waals surface area contributed by atoms with Gasteiger partial charge >= 0.3 is 0 Å². The van der Waals surface area contributed by atoms with Gasteiger partial charge < -0.3 is 10.6 Å². The molecule has 0 bridgehead atoms. The third-order valence-electron chi connectivity index (χ3n) is 4.50. The Morgan fingerprint density at radius 1 is 1.22 bits per heavy atom. The van der Waals surface area contributed by atoms with Crippen molar-refractivity contribution in [1.29, 1.82) is 0 Å². The topological polar surface area (TPSA) is 70.6 Å². The van der Waals surface area contributed by atoms with Crippen LogP contribution in [0.2, 0.25) is 0 Å². The molecule has 0 unspecified atom stereocenters. The molecule has 5 nitrogen and oxygen atoms in total. The van der Waals surface area contributed by atoms with Crippen molar-refractivity contribution in [3.05, 3.63) is 35.9 Å². The Morgan fingerprint density at radius 2 is 1.91 bits per heavy atom. The Kier molecular flexibility index (Phi) is 6.04. The van der Waals surface area contributed by atoms with Crippen molar-refractivity contribution in [2.24, 2.45) is 4.99 Å². The van der Waals surface area contributed by atoms with Gasteiger partial charge in [0.25, 0.3) is 0 Å². The van der Waals surface area contributed by atoms with Crippen LogP contribution in [0.25, 0.3) is 0 Å². The van der Waals surface area contributed by atoms with Gasteiger partial charge in [-0.2, -0.15) is 0 Å². The average molecular weight is 337 g/mol. The van der Waals surface area contributed by atoms with Gasteiger partial charge in [0.1, 0.15) is 9.84 Å². The summed E-state index contributed by atoms with van der Waals surface area (Å²) in [7, 11) is -1.16. The third-order valence-corrected chi connectivity index (χ3v) is 5.53. The molecule has 1 aliphatic carbocycles. The molecule has 1 saturated carbocycles. The normalized spacial score (nSPS) is 17.4. The molecule has 1 fully saturated rings. The van der Waals surface area contributed by atoms with Crippen LogP contribution in [0.4, 0.5) is 0 Å². The number of aliphatic imine (C=N–C) groups is 1. The van der Waals surface area contributed by atoms with Crippen LogP contribution in [0.3, 0.4) is 0 Å². The van der Waals surface area contributed by atoms with E-state index in [0.29, 0.717) is 13.0 Å². The third kappa shape index (κ3) is 5.23. The van der Waals surface area contributed by atoms with Crippen LogP contribution in [0.1, 0.15) is 31.2 Å². The smallest absolute Gasteiger partial charge is 0.191 e. The molecule has 0 radical (unpaired) electrons. The minimum absolute atomic E-state index is 0.199. The van der Waals surface area contributed by atoms with Crippen molar-refractivity contribution in [3.8, 4) is 0 Å². The Morgan fingerprint density at radius 3 is 2.43 bits per heavy atom. The van der Waals surface area contributed by atoms with Gasteiger partial charge in [0.05, 0.1) is 5.75 Å². The molecule has 0 amide bonds. The van der Waals surface area contributed by atoms with Gasteiger partial charge in [-0.1, -0.05) is 36.8 Å². The Labute approximate surface area is 139 Å². The molecule has 0 heterocycles. The molecule has 0 aliphatic heterocycles. The van der Waals surface area contributed by atoms with Crippen molar-refractivity contribution >= 4 is 15.8 Å². The van der Waals surface area contributed by atoms with Crippen LogP contribution in [0.15, 0.2) is 35.3 Å². The molecule has 1 aliphatic rings. The maximum Gasteiger partial charge on any atom is 0.191 e. The zero-order valence-electron chi connectivity index (χ0n) is 14.0. The van der Waals surface area contributed by atoms with Gasteiger partial charge in [-0.15, -0.1) is 0 Å². The Bertz CT molecular complexity index is 622. The van der Waals surface area contributed by atoms with E-state index in [0.717, 1.165) is 12.5 Å². The molecule has 0 saturated heterocycles. The van der Waals surface area contributed by atoms with Gasteiger partial charge in [-0.25, -0.2) is 8.42 Å². The highest BCUT2D eigenvalue weighted by Crippen LogP contribution is 2.43. The maximum absolute atomic E-state index is 11.1. The SMILES string of the molecule is CN=C(NCCCS(C)(=O)=O)NCC1(c2ccccc2)CCC1. The standard InChI is InChI=1S/C17H27N3O2S/c1-18-16(19-12-7-13-23(2,21)22)20-14-17(10-6-11-17)15-8-4-3-5-9-15/h3-5,8-9H,6-7,10-14H2,1-2H3,(H2,18,19,20). The molecule has 0 aromatic heterocycles. The summed E-state index contributed by atoms with van der Waals surface area (Å²) in [5.74, 6) is 0.936. The second-order valence-electron chi connectivity index (χ2n) is 6.34. The van der Waals surface area contributed by atoms with Crippen molar-refractivity contribution in [3.63, 3.8) is 0 Å². The van der Waals surface area contributed by atoms with E-state index in [2.05, 4.69) is 39.9 Å². The number of nitrogens with zero attached hydrogens (tertiary/aromatic N) is 1. The summed E-state index contributed by atoms with van der Waals surface area (Å²) < 4.78 is 22.3. The average Bonchev–Trinajstić information content (AvgIpc) is 2.48. The molecule has 1 aromatic rings. The molecule has 0 atom stereocenters. The lowest BCUT2D eigenvalue weighted by Crippen LogP contribution is -2.49. The van der Waals surface area contributed by atoms with Crippen LogP contribution < -0.4 is 10.6 Å². The predicted octanol–water partition coefficient (Wildman–Crippen LogP) is 1.71. The van der Waals surface area contributed by atoms with Gasteiger partial charge in [0, 0.05) is 31.8 Å². The molecular formula is C17H27N3O2S. The minimum Gasteiger partial charge on any atom is -0.356 e. The maximum atomic E-state index is 11.1. The summed E-state index contributed by atoms with van der Waals surface area (Å²) in [4.78, 5) is 4.22. The highest BCUT2D eigenvalue weighted by molar-refractivity contribution is 7.90. The number of sulfone groups is 1. The van der Waals surface area contributed by atoms with Crippen molar-refractivity contribution in [2.45, 2.75) is 31.1 Å². The fourth-order valence-electron chi connectivity index (χ4n) is 2.98. The number of guanidine groups is 1. The zero-order valence-corrected chi connectivity index (χ0v) is 14.8. The van der Waals surface area contributed by atoms with Crippen LogP contribution >= 0.6 is 0 Å². The van der Waals surface area contributed by atoms with Gasteiger partial charge in [-0.3, -0.25) is 4.99 Å². The van der Waals surface area contributed by atoms with Crippen LogP contribution in [0, 0.1) is 0 Å². The first-order valence-electron chi connectivity index (χ1n) is 8.13. The van der Waals surface area contributed by atoms with Gasteiger partial charge in [-0.05, 0) is 24.8 Å². The summed E-state index contributed by atoms with van der Waals surface area (Å²) in [6, 6.07) is 10.6. The molecule has 1 aromatic carbocycles. The second kappa shape index (κ2) is 7.81. The molecule has 6 heteroatoms. The van der Waals surface area contributed by atoms with Crippen molar-refractivity contribution in [2.75, 3.05) is 32.1 Å². The zero-order chi connectivity index (χ0) is 16.8. The summed E-state index contributed by atoms with van der Waals surface area (Å²) in [6.45, 7) is 1.45. The lowest BCUT2D eigenvalue weighted by atomic mass is 9.64. The number of benzene rings is 1. The fourth-order valence-corrected chi connectivity index (χ4v) is 3.65. The van der Waals surface area contributed by atoms with E-state index in [1.165, 1.54) is 31.1 Å². The monoisotopic (exact) mass is 337 g/mol. The summed E-state index contributed by atoms with van der Waals surface area (Å²) in [5.41, 5.74) is 1.58. The van der Waals surface area contributed by atoms with Crippen molar-refractivity contribution in [1.82, 2.24) is 10.6 Å².